The van der Waals surface area contributed by atoms with Crippen LogP contribution in [0, 0.1) is 17.6 Å². The highest BCUT2D eigenvalue weighted by molar-refractivity contribution is 9.18. The van der Waals surface area contributed by atoms with Crippen LogP contribution in [0.2, 0.25) is 5.02 Å². The summed E-state index contributed by atoms with van der Waals surface area (Å²) in [5, 5.41) is 4.52. The molecule has 3 nitrogen and oxygen atoms in total. The zero-order valence-corrected chi connectivity index (χ0v) is 9.99. The third-order valence-electron chi connectivity index (χ3n) is 1.97. The van der Waals surface area contributed by atoms with E-state index in [1.54, 1.807) is 0 Å². The van der Waals surface area contributed by atoms with Crippen LogP contribution in [0.1, 0.15) is 6.42 Å². The van der Waals surface area contributed by atoms with Crippen molar-refractivity contribution in [3.8, 4) is 0 Å². The van der Waals surface area contributed by atoms with Gasteiger partial charge in [-0.05, 0) is 15.9 Å². The first-order valence-corrected chi connectivity index (χ1v) is 5.38. The fraction of sp³-hybridized carbons (Fsp3) is 0.250. The molecule has 0 spiro atoms. The topological polar surface area (TPSA) is 28.5 Å². The number of halogens is 5. The van der Waals surface area contributed by atoms with E-state index in [-0.39, 0.29) is 5.82 Å². The minimum atomic E-state index is -1.68. The number of hydrazone groups is 1. The molecule has 0 unspecified atom stereocenters. The SMILES string of the molecule is Fc1nc(N2CCC(Br)=N2)c(Cl)c(F)c1F. The van der Waals surface area contributed by atoms with Gasteiger partial charge in [0.2, 0.25) is 5.82 Å². The summed E-state index contributed by atoms with van der Waals surface area (Å²) in [6.45, 7) is 0.373. The molecule has 0 amide bonds. The van der Waals surface area contributed by atoms with Crippen LogP contribution in [0.5, 0.6) is 0 Å². The Balaban J connectivity index is 2.50. The second kappa shape index (κ2) is 4.21. The standard InChI is InChI=1S/C8H4BrClF3N3/c9-3-1-2-16(15-3)8-4(10)5(11)6(12)7(13)14-8/h1-2H2. The summed E-state index contributed by atoms with van der Waals surface area (Å²) < 4.78 is 39.4. The summed E-state index contributed by atoms with van der Waals surface area (Å²) in [4.78, 5) is 3.23. The Bertz CT molecular complexity index is 480. The maximum absolute atomic E-state index is 13.1. The van der Waals surface area contributed by atoms with Gasteiger partial charge in [0.1, 0.15) is 9.64 Å². The van der Waals surface area contributed by atoms with Gasteiger partial charge in [-0.2, -0.15) is 18.9 Å². The van der Waals surface area contributed by atoms with Gasteiger partial charge in [-0.1, -0.05) is 11.6 Å². The molecule has 0 radical (unpaired) electrons. The molecule has 1 aromatic rings. The van der Waals surface area contributed by atoms with Crippen LogP contribution in [0.4, 0.5) is 19.0 Å². The molecular formula is C8H4BrClF3N3. The quantitative estimate of drug-likeness (QED) is 0.745. The maximum atomic E-state index is 13.1. The van der Waals surface area contributed by atoms with Crippen LogP contribution in [0.3, 0.4) is 0 Å². The molecule has 8 heteroatoms. The average Bonchev–Trinajstić information content (AvgIpc) is 2.67. The molecule has 0 N–H and O–H groups in total. The monoisotopic (exact) mass is 313 g/mol. The predicted octanol–water partition coefficient (Wildman–Crippen LogP) is 3.07. The Morgan fingerprint density at radius 3 is 2.50 bits per heavy atom. The van der Waals surface area contributed by atoms with E-state index >= 15 is 0 Å². The number of anilines is 1. The first kappa shape index (κ1) is 11.7. The number of hydrogen-bond acceptors (Lipinski definition) is 3. The summed E-state index contributed by atoms with van der Waals surface area (Å²) in [6.07, 6.45) is 0.568. The average molecular weight is 314 g/mol. The fourth-order valence-electron chi connectivity index (χ4n) is 1.23. The highest BCUT2D eigenvalue weighted by Gasteiger charge is 2.25. The third kappa shape index (κ3) is 1.89. The molecule has 0 atom stereocenters. The molecule has 1 aliphatic rings. The summed E-state index contributed by atoms with van der Waals surface area (Å²) in [5.74, 6) is -4.90. The van der Waals surface area contributed by atoms with Gasteiger partial charge in [0.05, 0.1) is 0 Å². The van der Waals surface area contributed by atoms with Crippen molar-refractivity contribution >= 4 is 38.0 Å². The van der Waals surface area contributed by atoms with E-state index in [2.05, 4.69) is 26.0 Å². The number of aromatic nitrogens is 1. The fourth-order valence-corrected chi connectivity index (χ4v) is 1.82. The second-order valence-corrected chi connectivity index (χ2v) is 4.31. The number of hydrogen-bond donors (Lipinski definition) is 0. The number of nitrogens with zero attached hydrogens (tertiary/aromatic N) is 3. The van der Waals surface area contributed by atoms with E-state index in [1.807, 2.05) is 0 Å². The molecule has 0 saturated heterocycles. The van der Waals surface area contributed by atoms with Crippen molar-refractivity contribution in [1.29, 1.82) is 0 Å². The van der Waals surface area contributed by atoms with Gasteiger partial charge in [0, 0.05) is 13.0 Å². The van der Waals surface area contributed by atoms with Crippen molar-refractivity contribution in [2.45, 2.75) is 6.42 Å². The van der Waals surface area contributed by atoms with Crippen molar-refractivity contribution < 1.29 is 13.2 Å². The lowest BCUT2D eigenvalue weighted by atomic mass is 10.4. The molecule has 1 aromatic heterocycles. The molecule has 16 heavy (non-hydrogen) atoms. The minimum Gasteiger partial charge on any atom is -0.245 e. The molecule has 0 fully saturated rings. The van der Waals surface area contributed by atoms with Gasteiger partial charge in [0.25, 0.3) is 5.95 Å². The maximum Gasteiger partial charge on any atom is 0.254 e. The molecule has 0 aromatic carbocycles. The molecule has 0 aliphatic carbocycles. The highest BCUT2D eigenvalue weighted by Crippen LogP contribution is 2.31. The molecule has 2 heterocycles. The largest absolute Gasteiger partial charge is 0.254 e. The van der Waals surface area contributed by atoms with Crippen LogP contribution in [0.15, 0.2) is 5.10 Å². The summed E-state index contributed by atoms with van der Waals surface area (Å²) >= 11 is 8.66. The van der Waals surface area contributed by atoms with Gasteiger partial charge in [0.15, 0.2) is 11.6 Å². The minimum absolute atomic E-state index is 0.229. The second-order valence-electron chi connectivity index (χ2n) is 3.02. The van der Waals surface area contributed by atoms with Gasteiger partial charge in [-0.15, -0.1) is 0 Å². The van der Waals surface area contributed by atoms with Gasteiger partial charge in [-0.25, -0.2) is 9.40 Å². The van der Waals surface area contributed by atoms with Crippen molar-refractivity contribution in [3.63, 3.8) is 0 Å². The molecule has 86 valence electrons. The van der Waals surface area contributed by atoms with Crippen LogP contribution >= 0.6 is 27.5 Å². The summed E-state index contributed by atoms with van der Waals surface area (Å²) in [7, 11) is 0. The van der Waals surface area contributed by atoms with Crippen LogP contribution in [0.25, 0.3) is 0 Å². The molecule has 2 rings (SSSR count). The van der Waals surface area contributed by atoms with E-state index in [1.165, 1.54) is 5.01 Å². The van der Waals surface area contributed by atoms with Crippen LogP contribution in [-0.2, 0) is 0 Å². The number of rotatable bonds is 1. The van der Waals surface area contributed by atoms with Crippen molar-refractivity contribution in [2.75, 3.05) is 11.6 Å². The van der Waals surface area contributed by atoms with Crippen molar-refractivity contribution in [2.24, 2.45) is 5.10 Å². The van der Waals surface area contributed by atoms with Crippen LogP contribution < -0.4 is 5.01 Å². The van der Waals surface area contributed by atoms with E-state index in [0.717, 1.165) is 0 Å². The lowest BCUT2D eigenvalue weighted by molar-refractivity contribution is 0.427. The molecule has 1 aliphatic heterocycles. The lowest BCUT2D eigenvalue weighted by Crippen LogP contribution is -2.16. The Morgan fingerprint density at radius 1 is 1.25 bits per heavy atom. The first-order chi connectivity index (χ1) is 7.50. The normalized spacial score (nSPS) is 15.6. The third-order valence-corrected chi connectivity index (χ3v) is 2.86. The van der Waals surface area contributed by atoms with E-state index in [9.17, 15) is 13.2 Å². The first-order valence-electron chi connectivity index (χ1n) is 4.21. The van der Waals surface area contributed by atoms with Crippen molar-refractivity contribution in [1.82, 2.24) is 4.98 Å². The smallest absolute Gasteiger partial charge is 0.245 e. The van der Waals surface area contributed by atoms with Gasteiger partial charge < -0.3 is 0 Å². The Morgan fingerprint density at radius 2 is 1.94 bits per heavy atom. The van der Waals surface area contributed by atoms with Crippen molar-refractivity contribution in [3.05, 3.63) is 22.6 Å². The molecular weight excluding hydrogens is 310 g/mol. The van der Waals surface area contributed by atoms with Crippen LogP contribution in [-0.4, -0.2) is 16.1 Å². The zero-order chi connectivity index (χ0) is 11.9. The highest BCUT2D eigenvalue weighted by atomic mass is 79.9. The Hall–Kier alpha value is -0.820. The summed E-state index contributed by atoms with van der Waals surface area (Å²) in [6, 6.07) is 0. The molecule has 0 saturated carbocycles. The lowest BCUT2D eigenvalue weighted by Gasteiger charge is -2.14. The number of pyridine rings is 1. The van der Waals surface area contributed by atoms with Gasteiger partial charge >= 0.3 is 0 Å². The van der Waals surface area contributed by atoms with E-state index in [0.29, 0.717) is 17.6 Å². The Labute approximate surface area is 102 Å². The zero-order valence-electron chi connectivity index (χ0n) is 7.65. The van der Waals surface area contributed by atoms with E-state index in [4.69, 9.17) is 11.6 Å². The Kier molecular flexibility index (Phi) is 3.07. The predicted molar refractivity (Wildman–Crippen MR) is 57.4 cm³/mol. The van der Waals surface area contributed by atoms with Gasteiger partial charge in [-0.3, -0.25) is 0 Å². The van der Waals surface area contributed by atoms with E-state index < -0.39 is 22.6 Å². The summed E-state index contributed by atoms with van der Waals surface area (Å²) in [5.41, 5.74) is 0. The molecule has 0 bridgehead atoms.